The van der Waals surface area contributed by atoms with E-state index >= 15 is 0 Å². The van der Waals surface area contributed by atoms with Crippen molar-refractivity contribution in [1.82, 2.24) is 9.97 Å². The van der Waals surface area contributed by atoms with Gasteiger partial charge in [0.25, 0.3) is 0 Å². The molecule has 0 atom stereocenters. The van der Waals surface area contributed by atoms with Crippen LogP contribution in [0.1, 0.15) is 5.56 Å². The van der Waals surface area contributed by atoms with E-state index in [9.17, 15) is 4.91 Å². The minimum absolute atomic E-state index is 0.436. The summed E-state index contributed by atoms with van der Waals surface area (Å²) in [5.41, 5.74) is 0.871. The summed E-state index contributed by atoms with van der Waals surface area (Å²) in [6, 6.07) is 7.18. The van der Waals surface area contributed by atoms with Crippen molar-refractivity contribution in [1.29, 1.82) is 0 Å². The highest BCUT2D eigenvalue weighted by atomic mass is 16.5. The van der Waals surface area contributed by atoms with Gasteiger partial charge < -0.3 is 4.74 Å². The standard InChI is InChI=1S/C12H9N3O2/c16-15-6-5-10-1-3-11(4-2-10)17-12-9-13-7-8-14-12/h1-9H/b6-5+. The molecule has 0 unspecified atom stereocenters. The molecule has 5 nitrogen and oxygen atoms in total. The number of rotatable bonds is 4. The highest BCUT2D eigenvalue weighted by Gasteiger charge is 1.97. The fourth-order valence-corrected chi connectivity index (χ4v) is 1.22. The fourth-order valence-electron chi connectivity index (χ4n) is 1.22. The Hall–Kier alpha value is -2.56. The van der Waals surface area contributed by atoms with E-state index in [-0.39, 0.29) is 0 Å². The van der Waals surface area contributed by atoms with Crippen LogP contribution in [-0.4, -0.2) is 9.97 Å². The Morgan fingerprint density at radius 3 is 2.65 bits per heavy atom. The van der Waals surface area contributed by atoms with Crippen molar-refractivity contribution in [3.8, 4) is 11.6 Å². The van der Waals surface area contributed by atoms with Crippen molar-refractivity contribution in [2.45, 2.75) is 0 Å². The zero-order valence-electron chi connectivity index (χ0n) is 8.85. The van der Waals surface area contributed by atoms with E-state index < -0.39 is 0 Å². The van der Waals surface area contributed by atoms with Crippen molar-refractivity contribution in [2.24, 2.45) is 5.18 Å². The van der Waals surface area contributed by atoms with Gasteiger partial charge in [-0.25, -0.2) is 4.98 Å². The third kappa shape index (κ3) is 3.20. The Morgan fingerprint density at radius 1 is 1.18 bits per heavy atom. The first-order chi connectivity index (χ1) is 8.38. The number of aromatic nitrogens is 2. The van der Waals surface area contributed by atoms with E-state index in [1.54, 1.807) is 30.6 Å². The maximum Gasteiger partial charge on any atom is 0.237 e. The summed E-state index contributed by atoms with van der Waals surface area (Å²) in [7, 11) is 0. The minimum atomic E-state index is 0.436. The van der Waals surface area contributed by atoms with Crippen LogP contribution in [0.25, 0.3) is 6.08 Å². The zero-order chi connectivity index (χ0) is 11.9. The summed E-state index contributed by atoms with van der Waals surface area (Å²) in [5, 5.41) is 2.64. The summed E-state index contributed by atoms with van der Waals surface area (Å²) in [4.78, 5) is 17.8. The van der Waals surface area contributed by atoms with E-state index in [4.69, 9.17) is 4.74 Å². The van der Waals surface area contributed by atoms with Crippen LogP contribution in [0.5, 0.6) is 11.6 Å². The molecule has 0 aliphatic carbocycles. The summed E-state index contributed by atoms with van der Waals surface area (Å²) in [6.07, 6.45) is 7.47. The number of nitrogens with zero attached hydrogens (tertiary/aromatic N) is 3. The monoisotopic (exact) mass is 227 g/mol. The molecule has 0 fully saturated rings. The largest absolute Gasteiger partial charge is 0.438 e. The quantitative estimate of drug-likeness (QED) is 0.753. The van der Waals surface area contributed by atoms with Gasteiger partial charge in [0, 0.05) is 12.4 Å². The lowest BCUT2D eigenvalue weighted by molar-refractivity contribution is 0.460. The number of benzene rings is 1. The van der Waals surface area contributed by atoms with Crippen LogP contribution < -0.4 is 4.74 Å². The molecule has 0 saturated carbocycles. The molecule has 84 valence electrons. The van der Waals surface area contributed by atoms with E-state index in [2.05, 4.69) is 15.1 Å². The molecule has 0 saturated heterocycles. The molecule has 0 amide bonds. The van der Waals surface area contributed by atoms with Crippen molar-refractivity contribution in [3.05, 3.63) is 59.5 Å². The smallest absolute Gasteiger partial charge is 0.237 e. The van der Waals surface area contributed by atoms with E-state index in [1.807, 2.05) is 12.1 Å². The SMILES string of the molecule is O=N/C=C/c1ccc(Oc2cnccn2)cc1. The lowest BCUT2D eigenvalue weighted by atomic mass is 10.2. The van der Waals surface area contributed by atoms with Crippen LogP contribution in [-0.2, 0) is 0 Å². The topological polar surface area (TPSA) is 64.4 Å². The molecular weight excluding hydrogens is 218 g/mol. The second-order valence-electron chi connectivity index (χ2n) is 3.14. The zero-order valence-corrected chi connectivity index (χ0v) is 8.85. The van der Waals surface area contributed by atoms with Crippen molar-refractivity contribution in [3.63, 3.8) is 0 Å². The van der Waals surface area contributed by atoms with E-state index in [0.717, 1.165) is 5.56 Å². The Kier molecular flexibility index (Phi) is 3.54. The number of ether oxygens (including phenoxy) is 1. The molecular formula is C12H9N3O2. The van der Waals surface area contributed by atoms with Gasteiger partial charge in [-0.15, -0.1) is 4.91 Å². The van der Waals surface area contributed by atoms with Gasteiger partial charge in [-0.3, -0.25) is 4.98 Å². The Labute approximate surface area is 97.8 Å². The van der Waals surface area contributed by atoms with Crippen LogP contribution >= 0.6 is 0 Å². The summed E-state index contributed by atoms with van der Waals surface area (Å²) < 4.78 is 5.45. The van der Waals surface area contributed by atoms with Crippen LogP contribution in [0, 0.1) is 4.91 Å². The average Bonchev–Trinajstić information content (AvgIpc) is 2.39. The molecule has 0 spiro atoms. The van der Waals surface area contributed by atoms with Gasteiger partial charge in [0.05, 0.1) is 12.4 Å². The van der Waals surface area contributed by atoms with Crippen LogP contribution in [0.2, 0.25) is 0 Å². The minimum Gasteiger partial charge on any atom is -0.438 e. The van der Waals surface area contributed by atoms with E-state index in [1.165, 1.54) is 12.4 Å². The molecule has 0 aliphatic rings. The first-order valence-electron chi connectivity index (χ1n) is 4.91. The second-order valence-corrected chi connectivity index (χ2v) is 3.14. The highest BCUT2D eigenvalue weighted by molar-refractivity contribution is 5.50. The van der Waals surface area contributed by atoms with Gasteiger partial charge in [-0.05, 0) is 28.9 Å². The molecule has 5 heteroatoms. The molecule has 1 aromatic carbocycles. The molecule has 0 bridgehead atoms. The van der Waals surface area contributed by atoms with Gasteiger partial charge in [0.1, 0.15) is 5.75 Å². The molecule has 1 heterocycles. The Morgan fingerprint density at radius 2 is 2.00 bits per heavy atom. The first-order valence-corrected chi connectivity index (χ1v) is 4.91. The number of hydrogen-bond acceptors (Lipinski definition) is 5. The van der Waals surface area contributed by atoms with Gasteiger partial charge >= 0.3 is 0 Å². The maximum atomic E-state index is 9.91. The van der Waals surface area contributed by atoms with Gasteiger partial charge in [-0.2, -0.15) is 0 Å². The Balaban J connectivity index is 2.08. The second kappa shape index (κ2) is 5.50. The molecule has 0 aliphatic heterocycles. The number of hydrogen-bond donors (Lipinski definition) is 0. The predicted octanol–water partition coefficient (Wildman–Crippen LogP) is 3.01. The van der Waals surface area contributed by atoms with Gasteiger partial charge in [0.2, 0.25) is 5.88 Å². The predicted molar refractivity (Wildman–Crippen MR) is 63.4 cm³/mol. The van der Waals surface area contributed by atoms with Crippen LogP contribution in [0.4, 0.5) is 0 Å². The lowest BCUT2D eigenvalue weighted by Gasteiger charge is -2.03. The van der Waals surface area contributed by atoms with E-state index in [0.29, 0.717) is 11.6 Å². The summed E-state index contributed by atoms with van der Waals surface area (Å²) in [6.45, 7) is 0. The fraction of sp³-hybridized carbons (Fsp3) is 0. The third-order valence-corrected chi connectivity index (χ3v) is 1.97. The van der Waals surface area contributed by atoms with Gasteiger partial charge in [-0.1, -0.05) is 12.1 Å². The Bertz CT molecular complexity index is 509. The summed E-state index contributed by atoms with van der Waals surface area (Å²) in [5.74, 6) is 1.09. The number of nitroso groups, excluding NO2 is 1. The van der Waals surface area contributed by atoms with Gasteiger partial charge in [0.15, 0.2) is 0 Å². The van der Waals surface area contributed by atoms with Crippen molar-refractivity contribution < 1.29 is 4.74 Å². The van der Waals surface area contributed by atoms with Crippen molar-refractivity contribution in [2.75, 3.05) is 0 Å². The third-order valence-electron chi connectivity index (χ3n) is 1.97. The normalized spacial score (nSPS) is 10.4. The average molecular weight is 227 g/mol. The van der Waals surface area contributed by atoms with Crippen LogP contribution in [0.15, 0.2) is 54.2 Å². The molecule has 2 rings (SSSR count). The summed E-state index contributed by atoms with van der Waals surface area (Å²) >= 11 is 0. The molecule has 0 radical (unpaired) electrons. The highest BCUT2D eigenvalue weighted by Crippen LogP contribution is 2.18. The lowest BCUT2D eigenvalue weighted by Crippen LogP contribution is -1.87. The molecule has 1 aromatic heterocycles. The van der Waals surface area contributed by atoms with Crippen LogP contribution in [0.3, 0.4) is 0 Å². The van der Waals surface area contributed by atoms with Crippen molar-refractivity contribution >= 4 is 6.08 Å². The maximum absolute atomic E-state index is 9.91. The first kappa shape index (κ1) is 10.9. The molecule has 2 aromatic rings. The molecule has 17 heavy (non-hydrogen) atoms. The molecule has 0 N–H and O–H groups in total.